The molecule has 0 radical (unpaired) electrons. The fraction of sp³-hybridized carbons (Fsp3) is 0.684. The zero-order valence-electron chi connectivity index (χ0n) is 13.0. The van der Waals surface area contributed by atoms with E-state index in [1.165, 1.54) is 24.8 Å². The van der Waals surface area contributed by atoms with Crippen molar-refractivity contribution >= 4 is 0 Å². The molecule has 0 aromatic carbocycles. The molecule has 0 unspecified atom stereocenters. The third-order valence-electron chi connectivity index (χ3n) is 6.98. The number of hydrogen-bond acceptors (Lipinski definition) is 2. The van der Waals surface area contributed by atoms with Crippen LogP contribution in [0.5, 0.6) is 0 Å². The summed E-state index contributed by atoms with van der Waals surface area (Å²) in [5, 5.41) is 19.9. The van der Waals surface area contributed by atoms with Crippen molar-refractivity contribution in [3.8, 4) is 0 Å². The average Bonchev–Trinajstić information content (AvgIpc) is 2.81. The Morgan fingerprint density at radius 3 is 2.81 bits per heavy atom. The van der Waals surface area contributed by atoms with Gasteiger partial charge in [-0.05, 0) is 54.9 Å². The molecule has 1 saturated carbocycles. The van der Waals surface area contributed by atoms with E-state index in [-0.39, 0.29) is 5.41 Å². The summed E-state index contributed by atoms with van der Waals surface area (Å²) in [6, 6.07) is 0. The summed E-state index contributed by atoms with van der Waals surface area (Å²) < 4.78 is 0. The highest BCUT2D eigenvalue weighted by Crippen LogP contribution is 2.62. The van der Waals surface area contributed by atoms with Gasteiger partial charge in [0.25, 0.3) is 0 Å². The maximum absolute atomic E-state index is 9.93. The zero-order chi connectivity index (χ0) is 14.9. The number of aliphatic hydroxyl groups is 2. The van der Waals surface area contributed by atoms with Crippen LogP contribution in [0.1, 0.15) is 46.0 Å². The Bertz CT molecular complexity index is 556. The lowest BCUT2D eigenvalue weighted by molar-refractivity contribution is -0.126. The van der Waals surface area contributed by atoms with Gasteiger partial charge in [-0.1, -0.05) is 43.7 Å². The molecule has 0 aromatic heterocycles. The molecule has 2 N–H and O–H groups in total. The summed E-state index contributed by atoms with van der Waals surface area (Å²) >= 11 is 0. The van der Waals surface area contributed by atoms with Crippen LogP contribution in [0, 0.1) is 28.6 Å². The fourth-order valence-corrected chi connectivity index (χ4v) is 5.66. The second-order valence-corrected chi connectivity index (χ2v) is 8.26. The molecule has 21 heavy (non-hydrogen) atoms. The third kappa shape index (κ3) is 1.85. The Labute approximate surface area is 127 Å². The number of hydrogen-bond donors (Lipinski definition) is 2. The van der Waals surface area contributed by atoms with Crippen LogP contribution < -0.4 is 0 Å². The first-order valence-electron chi connectivity index (χ1n) is 8.35. The lowest BCUT2D eigenvalue weighted by atomic mass is 9.49. The molecule has 4 aliphatic carbocycles. The molecule has 0 spiro atoms. The SMILES string of the molecule is C[C@@]12CC=C[C@H]1[C@@H]1CC=C3CC(O)(O)C=C[C@]3(C)[C@H]1CC2. The zero-order valence-corrected chi connectivity index (χ0v) is 13.0. The molecule has 0 aromatic rings. The molecule has 0 bridgehead atoms. The van der Waals surface area contributed by atoms with Crippen molar-refractivity contribution in [3.63, 3.8) is 0 Å². The van der Waals surface area contributed by atoms with Crippen molar-refractivity contribution in [3.05, 3.63) is 36.0 Å². The normalized spacial score (nSPS) is 50.1. The Kier molecular flexibility index (Phi) is 2.70. The molecule has 2 nitrogen and oxygen atoms in total. The maximum atomic E-state index is 9.93. The quantitative estimate of drug-likeness (QED) is 0.528. The minimum Gasteiger partial charge on any atom is -0.362 e. The van der Waals surface area contributed by atoms with Crippen LogP contribution in [0.4, 0.5) is 0 Å². The van der Waals surface area contributed by atoms with E-state index in [0.29, 0.717) is 29.6 Å². The van der Waals surface area contributed by atoms with E-state index < -0.39 is 5.79 Å². The average molecular weight is 286 g/mol. The Morgan fingerprint density at radius 2 is 2.00 bits per heavy atom. The van der Waals surface area contributed by atoms with Gasteiger partial charge < -0.3 is 10.2 Å². The van der Waals surface area contributed by atoms with E-state index in [9.17, 15) is 10.2 Å². The molecule has 114 valence electrons. The molecular weight excluding hydrogens is 260 g/mol. The summed E-state index contributed by atoms with van der Waals surface area (Å²) in [5.74, 6) is 0.417. The van der Waals surface area contributed by atoms with Crippen LogP contribution in [0.2, 0.25) is 0 Å². The van der Waals surface area contributed by atoms with Crippen molar-refractivity contribution < 1.29 is 10.2 Å². The van der Waals surface area contributed by atoms with Crippen molar-refractivity contribution in [1.29, 1.82) is 0 Å². The topological polar surface area (TPSA) is 40.5 Å². The summed E-state index contributed by atoms with van der Waals surface area (Å²) in [7, 11) is 0. The van der Waals surface area contributed by atoms with E-state index in [2.05, 4.69) is 38.2 Å². The first kappa shape index (κ1) is 13.8. The van der Waals surface area contributed by atoms with Gasteiger partial charge in [-0.15, -0.1) is 0 Å². The van der Waals surface area contributed by atoms with Gasteiger partial charge in [-0.3, -0.25) is 0 Å². The van der Waals surface area contributed by atoms with Crippen molar-refractivity contribution in [2.45, 2.75) is 51.7 Å². The van der Waals surface area contributed by atoms with E-state index in [1.54, 1.807) is 6.08 Å². The Balaban J connectivity index is 1.73. The van der Waals surface area contributed by atoms with Gasteiger partial charge >= 0.3 is 0 Å². The van der Waals surface area contributed by atoms with Crippen LogP contribution in [0.25, 0.3) is 0 Å². The van der Waals surface area contributed by atoms with Gasteiger partial charge in [0.1, 0.15) is 0 Å². The minimum absolute atomic E-state index is 0.0234. The van der Waals surface area contributed by atoms with E-state index in [4.69, 9.17) is 0 Å². The van der Waals surface area contributed by atoms with E-state index >= 15 is 0 Å². The standard InChI is InChI=1S/C19H26O2/c1-17-8-3-4-15(17)14-6-5-13-12-19(20,21)11-10-18(13,2)16(14)7-9-17/h3-5,10-11,14-16,20-21H,6-9,12H2,1-2H3/t14-,15-,16-,17-,18-/m0/s1. The minimum atomic E-state index is -1.64. The summed E-state index contributed by atoms with van der Waals surface area (Å²) in [6.45, 7) is 4.77. The molecule has 1 fully saturated rings. The van der Waals surface area contributed by atoms with Gasteiger partial charge in [0, 0.05) is 11.8 Å². The third-order valence-corrected chi connectivity index (χ3v) is 6.98. The largest absolute Gasteiger partial charge is 0.362 e. The van der Waals surface area contributed by atoms with Crippen molar-refractivity contribution in [2.24, 2.45) is 28.6 Å². The van der Waals surface area contributed by atoms with Crippen molar-refractivity contribution in [1.82, 2.24) is 0 Å². The lowest BCUT2D eigenvalue weighted by Gasteiger charge is -2.56. The van der Waals surface area contributed by atoms with Crippen LogP contribution in [0.15, 0.2) is 36.0 Å². The Morgan fingerprint density at radius 1 is 1.19 bits per heavy atom. The van der Waals surface area contributed by atoms with Gasteiger partial charge in [0.2, 0.25) is 0 Å². The predicted octanol–water partition coefficient (Wildman–Crippen LogP) is 3.57. The highest BCUT2D eigenvalue weighted by Gasteiger charge is 2.54. The molecular formula is C19H26O2. The molecule has 5 atom stereocenters. The highest BCUT2D eigenvalue weighted by molar-refractivity contribution is 5.34. The molecule has 4 rings (SSSR count). The highest BCUT2D eigenvalue weighted by atomic mass is 16.5. The number of rotatable bonds is 0. The fourth-order valence-electron chi connectivity index (χ4n) is 5.66. The van der Waals surface area contributed by atoms with Gasteiger partial charge in [0.15, 0.2) is 5.79 Å². The van der Waals surface area contributed by atoms with Crippen LogP contribution in [0.3, 0.4) is 0 Å². The predicted molar refractivity (Wildman–Crippen MR) is 83.3 cm³/mol. The van der Waals surface area contributed by atoms with Gasteiger partial charge in [0.05, 0.1) is 0 Å². The number of allylic oxidation sites excluding steroid dienone is 4. The first-order valence-corrected chi connectivity index (χ1v) is 8.35. The molecule has 0 aliphatic heterocycles. The molecule has 4 aliphatic rings. The second kappa shape index (κ2) is 4.11. The summed E-state index contributed by atoms with van der Waals surface area (Å²) in [4.78, 5) is 0. The summed E-state index contributed by atoms with van der Waals surface area (Å²) in [6.07, 6.45) is 16.1. The van der Waals surface area contributed by atoms with E-state index in [1.807, 2.05) is 0 Å². The summed E-state index contributed by atoms with van der Waals surface area (Å²) in [5.41, 5.74) is 1.73. The molecule has 0 amide bonds. The smallest absolute Gasteiger partial charge is 0.186 e. The van der Waals surface area contributed by atoms with E-state index in [0.717, 1.165) is 6.42 Å². The number of fused-ring (bicyclic) bond motifs is 5. The second-order valence-electron chi connectivity index (χ2n) is 8.26. The molecule has 0 heterocycles. The van der Waals surface area contributed by atoms with Gasteiger partial charge in [-0.2, -0.15) is 0 Å². The van der Waals surface area contributed by atoms with Crippen LogP contribution >= 0.6 is 0 Å². The molecule has 2 heteroatoms. The van der Waals surface area contributed by atoms with Crippen LogP contribution in [-0.4, -0.2) is 16.0 Å². The maximum Gasteiger partial charge on any atom is 0.186 e. The van der Waals surface area contributed by atoms with Gasteiger partial charge in [-0.25, -0.2) is 0 Å². The van der Waals surface area contributed by atoms with Crippen LogP contribution in [-0.2, 0) is 0 Å². The lowest BCUT2D eigenvalue weighted by Crippen LogP contribution is -2.49. The monoisotopic (exact) mass is 286 g/mol. The Hall–Kier alpha value is -0.860. The van der Waals surface area contributed by atoms with Crippen molar-refractivity contribution in [2.75, 3.05) is 0 Å². The first-order chi connectivity index (χ1) is 9.84. The molecule has 0 saturated heterocycles.